The Morgan fingerprint density at radius 3 is 3.00 bits per heavy atom. The van der Waals surface area contributed by atoms with Gasteiger partial charge in [-0.2, -0.15) is 11.8 Å². The highest BCUT2D eigenvalue weighted by molar-refractivity contribution is 9.11. The van der Waals surface area contributed by atoms with Crippen LogP contribution >= 0.6 is 27.7 Å². The van der Waals surface area contributed by atoms with Gasteiger partial charge in [-0.05, 0) is 36.1 Å². The topological polar surface area (TPSA) is 0 Å². The molecule has 0 N–H and O–H groups in total. The predicted octanol–water partition coefficient (Wildman–Crippen LogP) is 4.13. The molecule has 0 spiro atoms. The molecule has 1 fully saturated rings. The van der Waals surface area contributed by atoms with E-state index in [-0.39, 0.29) is 0 Å². The standard InChI is InChI=1S/C12H15BrS/c13-9-5-3-7-11-12(9)8-4-1-2-6-10(8)14-11/h1,4-5,8,10-12H,2-3,6-7H2. The molecule has 3 rings (SSSR count). The summed E-state index contributed by atoms with van der Waals surface area (Å²) in [6, 6.07) is 0. The van der Waals surface area contributed by atoms with Gasteiger partial charge in [0.05, 0.1) is 0 Å². The molecule has 4 atom stereocenters. The van der Waals surface area contributed by atoms with Crippen LogP contribution < -0.4 is 0 Å². The molecule has 0 bridgehead atoms. The second kappa shape index (κ2) is 3.71. The van der Waals surface area contributed by atoms with Crippen LogP contribution in [-0.4, -0.2) is 10.5 Å². The van der Waals surface area contributed by atoms with E-state index in [1.807, 2.05) is 0 Å². The number of hydrogen-bond acceptors (Lipinski definition) is 1. The van der Waals surface area contributed by atoms with Crippen molar-refractivity contribution in [2.24, 2.45) is 11.8 Å². The van der Waals surface area contributed by atoms with Crippen LogP contribution in [0.25, 0.3) is 0 Å². The summed E-state index contributed by atoms with van der Waals surface area (Å²) in [5, 5.41) is 1.81. The Kier molecular flexibility index (Phi) is 2.53. The molecule has 1 aliphatic heterocycles. The van der Waals surface area contributed by atoms with Gasteiger partial charge in [-0.25, -0.2) is 0 Å². The van der Waals surface area contributed by atoms with Gasteiger partial charge >= 0.3 is 0 Å². The average molecular weight is 271 g/mol. The third-order valence-electron chi connectivity index (χ3n) is 3.68. The maximum Gasteiger partial charge on any atom is 0.0133 e. The van der Waals surface area contributed by atoms with Crippen molar-refractivity contribution in [3.05, 3.63) is 22.7 Å². The molecule has 0 radical (unpaired) electrons. The van der Waals surface area contributed by atoms with Crippen molar-refractivity contribution in [1.29, 1.82) is 0 Å². The first-order chi connectivity index (χ1) is 6.86. The normalized spacial score (nSPS) is 45.6. The van der Waals surface area contributed by atoms with E-state index in [1.165, 1.54) is 30.2 Å². The van der Waals surface area contributed by atoms with Gasteiger partial charge < -0.3 is 0 Å². The molecule has 0 saturated carbocycles. The lowest BCUT2D eigenvalue weighted by Crippen LogP contribution is -2.24. The lowest BCUT2D eigenvalue weighted by molar-refractivity contribution is 0.430. The fourth-order valence-electron chi connectivity index (χ4n) is 3.03. The number of hydrogen-bond donors (Lipinski definition) is 0. The number of fused-ring (bicyclic) bond motifs is 3. The molecule has 2 heteroatoms. The number of allylic oxidation sites excluding steroid dienone is 4. The monoisotopic (exact) mass is 270 g/mol. The number of halogens is 1. The molecule has 3 aliphatic rings. The first-order valence-corrected chi connectivity index (χ1v) is 7.27. The smallest absolute Gasteiger partial charge is 0.0133 e. The van der Waals surface area contributed by atoms with E-state index in [0.717, 1.165) is 22.3 Å². The maximum atomic E-state index is 3.77. The minimum absolute atomic E-state index is 0.801. The van der Waals surface area contributed by atoms with E-state index in [2.05, 4.69) is 45.9 Å². The summed E-state index contributed by atoms with van der Waals surface area (Å²) in [7, 11) is 0. The highest BCUT2D eigenvalue weighted by atomic mass is 79.9. The Labute approximate surface area is 98.3 Å². The van der Waals surface area contributed by atoms with E-state index >= 15 is 0 Å². The zero-order valence-electron chi connectivity index (χ0n) is 8.16. The van der Waals surface area contributed by atoms with Crippen molar-refractivity contribution in [3.63, 3.8) is 0 Å². The van der Waals surface area contributed by atoms with Gasteiger partial charge in [0.1, 0.15) is 0 Å². The van der Waals surface area contributed by atoms with Crippen LogP contribution in [-0.2, 0) is 0 Å². The van der Waals surface area contributed by atoms with E-state index in [9.17, 15) is 0 Å². The van der Waals surface area contributed by atoms with Crippen molar-refractivity contribution in [2.45, 2.75) is 36.2 Å². The summed E-state index contributed by atoms with van der Waals surface area (Å²) < 4.78 is 1.49. The summed E-state index contributed by atoms with van der Waals surface area (Å²) >= 11 is 6.03. The summed E-state index contributed by atoms with van der Waals surface area (Å²) in [6.07, 6.45) is 12.6. The van der Waals surface area contributed by atoms with Gasteiger partial charge in [0, 0.05) is 16.4 Å². The lowest BCUT2D eigenvalue weighted by atomic mass is 9.79. The first kappa shape index (κ1) is 9.53. The Bertz CT molecular complexity index is 295. The van der Waals surface area contributed by atoms with Crippen LogP contribution in [0, 0.1) is 11.8 Å². The molecule has 0 nitrogen and oxygen atoms in total. The van der Waals surface area contributed by atoms with Gasteiger partial charge in [-0.1, -0.05) is 34.2 Å². The van der Waals surface area contributed by atoms with Crippen LogP contribution in [0.3, 0.4) is 0 Å². The van der Waals surface area contributed by atoms with Crippen molar-refractivity contribution in [3.8, 4) is 0 Å². The lowest BCUT2D eigenvalue weighted by Gasteiger charge is -2.27. The van der Waals surface area contributed by atoms with Crippen LogP contribution in [0.1, 0.15) is 25.7 Å². The molecule has 76 valence electrons. The van der Waals surface area contributed by atoms with Crippen LogP contribution in [0.5, 0.6) is 0 Å². The van der Waals surface area contributed by atoms with Crippen LogP contribution in [0.15, 0.2) is 22.7 Å². The fraction of sp³-hybridized carbons (Fsp3) is 0.667. The fourth-order valence-corrected chi connectivity index (χ4v) is 5.99. The van der Waals surface area contributed by atoms with E-state index in [4.69, 9.17) is 0 Å². The molecule has 0 aromatic rings. The minimum atomic E-state index is 0.801. The third kappa shape index (κ3) is 1.42. The molecule has 0 aromatic heterocycles. The van der Waals surface area contributed by atoms with E-state index < -0.39 is 0 Å². The SMILES string of the molecule is BrC1=CCCC2SC3CCC=CC3C12. The Morgan fingerprint density at radius 1 is 1.21 bits per heavy atom. The average Bonchev–Trinajstić information content (AvgIpc) is 2.57. The zero-order valence-corrected chi connectivity index (χ0v) is 10.6. The van der Waals surface area contributed by atoms with Gasteiger partial charge in [-0.15, -0.1) is 0 Å². The van der Waals surface area contributed by atoms with Crippen molar-refractivity contribution < 1.29 is 0 Å². The van der Waals surface area contributed by atoms with Crippen molar-refractivity contribution in [2.75, 3.05) is 0 Å². The quantitative estimate of drug-likeness (QED) is 0.597. The Balaban J connectivity index is 1.93. The highest BCUT2D eigenvalue weighted by Gasteiger charge is 2.44. The Hall–Kier alpha value is 0.310. The Morgan fingerprint density at radius 2 is 2.07 bits per heavy atom. The van der Waals surface area contributed by atoms with Crippen molar-refractivity contribution >= 4 is 27.7 Å². The summed E-state index contributed by atoms with van der Waals surface area (Å²) in [4.78, 5) is 0. The van der Waals surface area contributed by atoms with Crippen LogP contribution in [0.4, 0.5) is 0 Å². The number of thioether (sulfide) groups is 1. The largest absolute Gasteiger partial charge is 0.154 e. The molecular weight excluding hydrogens is 256 g/mol. The molecule has 2 aliphatic carbocycles. The molecule has 4 unspecified atom stereocenters. The predicted molar refractivity (Wildman–Crippen MR) is 66.8 cm³/mol. The van der Waals surface area contributed by atoms with Crippen molar-refractivity contribution in [1.82, 2.24) is 0 Å². The van der Waals surface area contributed by atoms with Crippen LogP contribution in [0.2, 0.25) is 0 Å². The summed E-state index contributed by atoms with van der Waals surface area (Å²) in [6.45, 7) is 0. The summed E-state index contributed by atoms with van der Waals surface area (Å²) in [5.74, 6) is 1.62. The molecule has 1 saturated heterocycles. The molecular formula is C12H15BrS. The minimum Gasteiger partial charge on any atom is -0.154 e. The third-order valence-corrected chi connectivity index (χ3v) is 6.31. The zero-order chi connectivity index (χ0) is 9.54. The van der Waals surface area contributed by atoms with E-state index in [1.54, 1.807) is 0 Å². The second-order valence-electron chi connectivity index (χ2n) is 4.49. The van der Waals surface area contributed by atoms with Gasteiger partial charge in [0.2, 0.25) is 0 Å². The molecule has 0 amide bonds. The summed E-state index contributed by atoms with van der Waals surface area (Å²) in [5.41, 5.74) is 0. The maximum absolute atomic E-state index is 3.77. The molecule has 14 heavy (non-hydrogen) atoms. The molecule has 1 heterocycles. The molecule has 0 aromatic carbocycles. The highest BCUT2D eigenvalue weighted by Crippen LogP contribution is 2.54. The first-order valence-electron chi connectivity index (χ1n) is 5.54. The van der Waals surface area contributed by atoms with Gasteiger partial charge in [0.25, 0.3) is 0 Å². The van der Waals surface area contributed by atoms with E-state index in [0.29, 0.717) is 0 Å². The van der Waals surface area contributed by atoms with Gasteiger partial charge in [-0.3, -0.25) is 0 Å². The second-order valence-corrected chi connectivity index (χ2v) is 6.89. The number of rotatable bonds is 0. The van der Waals surface area contributed by atoms with Gasteiger partial charge in [0.15, 0.2) is 0 Å².